The fraction of sp³-hybridized carbons (Fsp3) is 0.235. The molecule has 3 rings (SSSR count). The number of nitrogens with one attached hydrogen (secondary N) is 1. The molecule has 0 saturated carbocycles. The highest BCUT2D eigenvalue weighted by Crippen LogP contribution is 2.26. The number of anilines is 1. The SMILES string of the molecule is C[C@@H]1C[C@H](NC(=O)c2ccc(C(=O)O)o2)C(=O)N1c1ccccc1. The van der Waals surface area contributed by atoms with Crippen LogP contribution in [-0.4, -0.2) is 35.0 Å². The molecule has 2 amide bonds. The number of hydrogen-bond acceptors (Lipinski definition) is 4. The number of amides is 2. The van der Waals surface area contributed by atoms with Gasteiger partial charge in [-0.3, -0.25) is 9.59 Å². The Balaban J connectivity index is 1.73. The van der Waals surface area contributed by atoms with Crippen molar-refractivity contribution in [1.82, 2.24) is 5.32 Å². The first-order valence-electron chi connectivity index (χ1n) is 7.49. The summed E-state index contributed by atoms with van der Waals surface area (Å²) in [4.78, 5) is 37.2. The van der Waals surface area contributed by atoms with Crippen LogP contribution in [0.15, 0.2) is 46.9 Å². The van der Waals surface area contributed by atoms with E-state index in [0.717, 1.165) is 5.69 Å². The van der Waals surface area contributed by atoms with Gasteiger partial charge in [-0.25, -0.2) is 4.79 Å². The topological polar surface area (TPSA) is 99.9 Å². The summed E-state index contributed by atoms with van der Waals surface area (Å²) in [5, 5.41) is 11.4. The molecule has 2 aromatic rings. The molecule has 2 heterocycles. The van der Waals surface area contributed by atoms with Gasteiger partial charge in [0.05, 0.1) is 0 Å². The lowest BCUT2D eigenvalue weighted by Crippen LogP contribution is -2.41. The van der Waals surface area contributed by atoms with Gasteiger partial charge in [0.25, 0.3) is 5.91 Å². The predicted molar refractivity (Wildman–Crippen MR) is 84.9 cm³/mol. The second-order valence-corrected chi connectivity index (χ2v) is 5.62. The smallest absolute Gasteiger partial charge is 0.371 e. The Morgan fingerprint density at radius 1 is 1.17 bits per heavy atom. The summed E-state index contributed by atoms with van der Waals surface area (Å²) in [6, 6.07) is 11.0. The van der Waals surface area contributed by atoms with Gasteiger partial charge in [0.15, 0.2) is 5.76 Å². The van der Waals surface area contributed by atoms with E-state index in [1.54, 1.807) is 4.90 Å². The molecule has 0 aliphatic carbocycles. The van der Waals surface area contributed by atoms with Gasteiger partial charge in [0.2, 0.25) is 11.7 Å². The molecule has 0 unspecified atom stereocenters. The third-order valence-corrected chi connectivity index (χ3v) is 3.93. The maximum absolute atomic E-state index is 12.6. The normalized spacial score (nSPS) is 20.2. The van der Waals surface area contributed by atoms with Gasteiger partial charge in [0.1, 0.15) is 6.04 Å². The predicted octanol–water partition coefficient (Wildman–Crippen LogP) is 1.90. The minimum atomic E-state index is -1.25. The van der Waals surface area contributed by atoms with E-state index in [1.807, 2.05) is 37.3 Å². The van der Waals surface area contributed by atoms with Gasteiger partial charge < -0.3 is 19.7 Å². The van der Waals surface area contributed by atoms with Crippen LogP contribution >= 0.6 is 0 Å². The lowest BCUT2D eigenvalue weighted by atomic mass is 10.2. The molecule has 0 bridgehead atoms. The molecule has 124 valence electrons. The van der Waals surface area contributed by atoms with Crippen molar-refractivity contribution in [2.45, 2.75) is 25.4 Å². The van der Waals surface area contributed by atoms with Crippen molar-refractivity contribution in [2.75, 3.05) is 4.90 Å². The fourth-order valence-corrected chi connectivity index (χ4v) is 2.83. The van der Waals surface area contributed by atoms with Crippen LogP contribution in [0.3, 0.4) is 0 Å². The van der Waals surface area contributed by atoms with E-state index < -0.39 is 17.9 Å². The molecule has 1 aliphatic heterocycles. The van der Waals surface area contributed by atoms with Crippen LogP contribution in [-0.2, 0) is 4.79 Å². The Labute approximate surface area is 137 Å². The molecule has 2 N–H and O–H groups in total. The number of carboxylic acids is 1. The zero-order chi connectivity index (χ0) is 17.3. The summed E-state index contributed by atoms with van der Waals surface area (Å²) >= 11 is 0. The van der Waals surface area contributed by atoms with Gasteiger partial charge in [-0.1, -0.05) is 18.2 Å². The van der Waals surface area contributed by atoms with Crippen LogP contribution in [0.5, 0.6) is 0 Å². The van der Waals surface area contributed by atoms with E-state index in [4.69, 9.17) is 9.52 Å². The lowest BCUT2D eigenvalue weighted by Gasteiger charge is -2.21. The van der Waals surface area contributed by atoms with Gasteiger partial charge in [-0.2, -0.15) is 0 Å². The molecule has 7 nitrogen and oxygen atoms in total. The molecule has 1 aliphatic rings. The van der Waals surface area contributed by atoms with Gasteiger partial charge >= 0.3 is 5.97 Å². The number of rotatable bonds is 4. The molecule has 0 spiro atoms. The molecule has 24 heavy (non-hydrogen) atoms. The van der Waals surface area contributed by atoms with Crippen molar-refractivity contribution in [1.29, 1.82) is 0 Å². The zero-order valence-electron chi connectivity index (χ0n) is 12.9. The van der Waals surface area contributed by atoms with Crippen molar-refractivity contribution >= 4 is 23.5 Å². The number of nitrogens with zero attached hydrogens (tertiary/aromatic N) is 1. The van der Waals surface area contributed by atoms with Crippen LogP contribution in [0.2, 0.25) is 0 Å². The second kappa shape index (κ2) is 6.19. The summed E-state index contributed by atoms with van der Waals surface area (Å²) in [6.07, 6.45) is 0.464. The van der Waals surface area contributed by atoms with Crippen molar-refractivity contribution in [2.24, 2.45) is 0 Å². The minimum Gasteiger partial charge on any atom is -0.475 e. The highest BCUT2D eigenvalue weighted by Gasteiger charge is 2.39. The Hall–Kier alpha value is -3.09. The Kier molecular flexibility index (Phi) is 4.07. The highest BCUT2D eigenvalue weighted by atomic mass is 16.4. The third-order valence-electron chi connectivity index (χ3n) is 3.93. The van der Waals surface area contributed by atoms with E-state index >= 15 is 0 Å². The lowest BCUT2D eigenvalue weighted by molar-refractivity contribution is -0.118. The average Bonchev–Trinajstić information content (AvgIpc) is 3.14. The summed E-state index contributed by atoms with van der Waals surface area (Å²) < 4.78 is 4.95. The van der Waals surface area contributed by atoms with Crippen molar-refractivity contribution < 1.29 is 23.9 Å². The zero-order valence-corrected chi connectivity index (χ0v) is 12.9. The van der Waals surface area contributed by atoms with E-state index in [1.165, 1.54) is 12.1 Å². The van der Waals surface area contributed by atoms with E-state index in [0.29, 0.717) is 6.42 Å². The van der Waals surface area contributed by atoms with Gasteiger partial charge in [-0.05, 0) is 37.6 Å². The molecule has 2 atom stereocenters. The summed E-state index contributed by atoms with van der Waals surface area (Å²) in [5.74, 6) is -2.52. The number of carboxylic acid groups (broad SMARTS) is 1. The van der Waals surface area contributed by atoms with E-state index in [9.17, 15) is 14.4 Å². The minimum absolute atomic E-state index is 0.0589. The average molecular weight is 328 g/mol. The number of carbonyl (C=O) groups is 3. The van der Waals surface area contributed by atoms with E-state index in [-0.39, 0.29) is 23.5 Å². The number of furan rings is 1. The van der Waals surface area contributed by atoms with Crippen molar-refractivity contribution in [3.05, 3.63) is 54.0 Å². The molecule has 0 radical (unpaired) electrons. The van der Waals surface area contributed by atoms with Crippen LogP contribution in [0.1, 0.15) is 34.5 Å². The van der Waals surface area contributed by atoms with Crippen LogP contribution in [0.4, 0.5) is 5.69 Å². The standard InChI is InChI=1S/C17H16N2O5/c1-10-9-12(16(21)19(10)11-5-3-2-4-6-11)18-15(20)13-7-8-14(24-13)17(22)23/h2-8,10,12H,9H2,1H3,(H,18,20)(H,22,23)/t10-,12+/m1/s1. The summed E-state index contributed by atoms with van der Waals surface area (Å²) in [5.41, 5.74) is 0.776. The Morgan fingerprint density at radius 3 is 2.46 bits per heavy atom. The van der Waals surface area contributed by atoms with Crippen molar-refractivity contribution in [3.63, 3.8) is 0 Å². The number of para-hydroxylation sites is 1. The first kappa shape index (κ1) is 15.8. The maximum Gasteiger partial charge on any atom is 0.371 e. The van der Waals surface area contributed by atoms with Gasteiger partial charge in [-0.15, -0.1) is 0 Å². The number of carbonyl (C=O) groups excluding carboxylic acids is 2. The third kappa shape index (κ3) is 2.88. The number of aromatic carboxylic acids is 1. The molecule has 1 aromatic heterocycles. The van der Waals surface area contributed by atoms with Crippen molar-refractivity contribution in [3.8, 4) is 0 Å². The number of hydrogen-bond donors (Lipinski definition) is 2. The monoisotopic (exact) mass is 328 g/mol. The Bertz CT molecular complexity index is 783. The van der Waals surface area contributed by atoms with Crippen LogP contribution in [0, 0.1) is 0 Å². The maximum atomic E-state index is 12.6. The molecule has 1 saturated heterocycles. The number of benzene rings is 1. The summed E-state index contributed by atoms with van der Waals surface area (Å²) in [7, 11) is 0. The first-order chi connectivity index (χ1) is 11.5. The van der Waals surface area contributed by atoms with Crippen LogP contribution < -0.4 is 10.2 Å². The molecular formula is C17H16N2O5. The Morgan fingerprint density at radius 2 is 1.83 bits per heavy atom. The second-order valence-electron chi connectivity index (χ2n) is 5.62. The van der Waals surface area contributed by atoms with Gasteiger partial charge in [0, 0.05) is 11.7 Å². The van der Waals surface area contributed by atoms with Crippen LogP contribution in [0.25, 0.3) is 0 Å². The quantitative estimate of drug-likeness (QED) is 0.893. The molecular weight excluding hydrogens is 312 g/mol. The summed E-state index contributed by atoms with van der Waals surface area (Å²) in [6.45, 7) is 1.91. The largest absolute Gasteiger partial charge is 0.475 e. The van der Waals surface area contributed by atoms with E-state index in [2.05, 4.69) is 5.32 Å². The highest BCUT2D eigenvalue weighted by molar-refractivity contribution is 6.04. The molecule has 7 heteroatoms. The fourth-order valence-electron chi connectivity index (χ4n) is 2.83. The molecule has 1 fully saturated rings. The first-order valence-corrected chi connectivity index (χ1v) is 7.49. The molecule has 1 aromatic carbocycles.